The molecular formula is C15H29NO2. The zero-order valence-corrected chi connectivity index (χ0v) is 11.9. The summed E-state index contributed by atoms with van der Waals surface area (Å²) in [5.41, 5.74) is 0.404. The molecule has 1 atom stereocenters. The molecule has 0 spiro atoms. The van der Waals surface area contributed by atoms with Crippen molar-refractivity contribution in [3.05, 3.63) is 0 Å². The van der Waals surface area contributed by atoms with Crippen molar-refractivity contribution in [3.63, 3.8) is 0 Å². The van der Waals surface area contributed by atoms with Gasteiger partial charge in [-0.2, -0.15) is 0 Å². The normalized spacial score (nSPS) is 29.8. The average molecular weight is 255 g/mol. The third-order valence-electron chi connectivity index (χ3n) is 4.58. The van der Waals surface area contributed by atoms with E-state index in [1.165, 1.54) is 44.9 Å². The molecule has 0 amide bonds. The summed E-state index contributed by atoms with van der Waals surface area (Å²) in [7, 11) is 1.76. The number of methoxy groups -OCH3 is 1. The van der Waals surface area contributed by atoms with E-state index in [4.69, 9.17) is 9.47 Å². The molecule has 2 fully saturated rings. The van der Waals surface area contributed by atoms with Gasteiger partial charge in [-0.25, -0.2) is 0 Å². The topological polar surface area (TPSA) is 30.5 Å². The molecule has 3 heteroatoms. The number of hydrogen-bond acceptors (Lipinski definition) is 3. The monoisotopic (exact) mass is 255 g/mol. The van der Waals surface area contributed by atoms with Crippen molar-refractivity contribution in [2.75, 3.05) is 40.0 Å². The number of ether oxygens (including phenoxy) is 2. The SMILES string of the molecule is COCCNCC1(CC2CCCC2)CCCOC1. The summed E-state index contributed by atoms with van der Waals surface area (Å²) >= 11 is 0. The van der Waals surface area contributed by atoms with Crippen molar-refractivity contribution in [2.45, 2.75) is 44.9 Å². The van der Waals surface area contributed by atoms with Crippen LogP contribution in [0.1, 0.15) is 44.9 Å². The van der Waals surface area contributed by atoms with E-state index < -0.39 is 0 Å². The zero-order valence-electron chi connectivity index (χ0n) is 11.9. The molecule has 1 aliphatic carbocycles. The van der Waals surface area contributed by atoms with Crippen molar-refractivity contribution in [1.29, 1.82) is 0 Å². The van der Waals surface area contributed by atoms with Gasteiger partial charge in [-0.1, -0.05) is 25.7 Å². The number of nitrogens with one attached hydrogen (secondary N) is 1. The van der Waals surface area contributed by atoms with Gasteiger partial charge in [0.15, 0.2) is 0 Å². The van der Waals surface area contributed by atoms with Gasteiger partial charge in [-0.05, 0) is 25.2 Å². The molecule has 0 aromatic heterocycles. The van der Waals surface area contributed by atoms with Crippen LogP contribution < -0.4 is 5.32 Å². The Labute approximate surface area is 112 Å². The number of hydrogen-bond donors (Lipinski definition) is 1. The molecule has 0 bridgehead atoms. The van der Waals surface area contributed by atoms with Crippen LogP contribution in [0.2, 0.25) is 0 Å². The van der Waals surface area contributed by atoms with Crippen LogP contribution in [-0.4, -0.2) is 40.0 Å². The molecule has 1 aliphatic heterocycles. The van der Waals surface area contributed by atoms with Gasteiger partial charge in [0, 0.05) is 32.2 Å². The Bertz CT molecular complexity index is 221. The minimum atomic E-state index is 0.404. The van der Waals surface area contributed by atoms with Crippen LogP contribution in [0.4, 0.5) is 0 Å². The predicted molar refractivity (Wildman–Crippen MR) is 73.8 cm³/mol. The highest BCUT2D eigenvalue weighted by Gasteiger charge is 2.35. The molecule has 1 unspecified atom stereocenters. The van der Waals surface area contributed by atoms with Gasteiger partial charge in [-0.15, -0.1) is 0 Å². The molecule has 18 heavy (non-hydrogen) atoms. The maximum Gasteiger partial charge on any atom is 0.0587 e. The lowest BCUT2D eigenvalue weighted by Gasteiger charge is -2.39. The van der Waals surface area contributed by atoms with Crippen LogP contribution >= 0.6 is 0 Å². The molecule has 1 heterocycles. The lowest BCUT2D eigenvalue weighted by molar-refractivity contribution is -0.0207. The molecular weight excluding hydrogens is 226 g/mol. The standard InChI is InChI=1S/C15H29NO2/c1-17-10-8-16-12-15(7-4-9-18-13-15)11-14-5-2-3-6-14/h14,16H,2-13H2,1H3. The van der Waals surface area contributed by atoms with E-state index in [2.05, 4.69) is 5.32 Å². The van der Waals surface area contributed by atoms with Crippen LogP contribution in [0.5, 0.6) is 0 Å². The van der Waals surface area contributed by atoms with Gasteiger partial charge < -0.3 is 14.8 Å². The summed E-state index contributed by atoms with van der Waals surface area (Å²) in [5.74, 6) is 0.955. The fraction of sp³-hybridized carbons (Fsp3) is 1.00. The van der Waals surface area contributed by atoms with E-state index in [0.29, 0.717) is 5.41 Å². The molecule has 2 rings (SSSR count). The highest BCUT2D eigenvalue weighted by Crippen LogP contribution is 2.40. The van der Waals surface area contributed by atoms with Gasteiger partial charge in [0.1, 0.15) is 0 Å². The maximum atomic E-state index is 5.78. The summed E-state index contributed by atoms with van der Waals surface area (Å²) in [6.45, 7) is 4.80. The third kappa shape index (κ3) is 4.22. The minimum Gasteiger partial charge on any atom is -0.383 e. The highest BCUT2D eigenvalue weighted by atomic mass is 16.5. The molecule has 1 saturated heterocycles. The lowest BCUT2D eigenvalue weighted by atomic mass is 9.74. The average Bonchev–Trinajstić information content (AvgIpc) is 2.89. The van der Waals surface area contributed by atoms with Crippen LogP contribution in [-0.2, 0) is 9.47 Å². The van der Waals surface area contributed by atoms with Crippen LogP contribution in [0, 0.1) is 11.3 Å². The minimum absolute atomic E-state index is 0.404. The Morgan fingerprint density at radius 2 is 2.11 bits per heavy atom. The smallest absolute Gasteiger partial charge is 0.0587 e. The first kappa shape index (κ1) is 14.3. The van der Waals surface area contributed by atoms with E-state index >= 15 is 0 Å². The van der Waals surface area contributed by atoms with Crippen LogP contribution in [0.3, 0.4) is 0 Å². The van der Waals surface area contributed by atoms with E-state index in [-0.39, 0.29) is 0 Å². The molecule has 1 saturated carbocycles. The second-order valence-electron chi connectivity index (χ2n) is 6.18. The first-order valence-corrected chi connectivity index (χ1v) is 7.62. The Morgan fingerprint density at radius 1 is 1.28 bits per heavy atom. The molecule has 106 valence electrons. The third-order valence-corrected chi connectivity index (χ3v) is 4.58. The van der Waals surface area contributed by atoms with E-state index in [0.717, 1.165) is 38.8 Å². The Morgan fingerprint density at radius 3 is 2.78 bits per heavy atom. The first-order valence-electron chi connectivity index (χ1n) is 7.62. The van der Waals surface area contributed by atoms with E-state index in [1.54, 1.807) is 7.11 Å². The van der Waals surface area contributed by atoms with E-state index in [1.807, 2.05) is 0 Å². The molecule has 0 aromatic rings. The summed E-state index contributed by atoms with van der Waals surface area (Å²) in [6, 6.07) is 0. The fourth-order valence-corrected chi connectivity index (χ4v) is 3.64. The second kappa shape index (κ2) is 7.46. The van der Waals surface area contributed by atoms with Crippen LogP contribution in [0.25, 0.3) is 0 Å². The molecule has 0 aromatic carbocycles. The Balaban J connectivity index is 1.81. The predicted octanol–water partition coefficient (Wildman–Crippen LogP) is 2.60. The van der Waals surface area contributed by atoms with Crippen LogP contribution in [0.15, 0.2) is 0 Å². The van der Waals surface area contributed by atoms with Gasteiger partial charge >= 0.3 is 0 Å². The maximum absolute atomic E-state index is 5.78. The highest BCUT2D eigenvalue weighted by molar-refractivity contribution is 4.87. The summed E-state index contributed by atoms with van der Waals surface area (Å²) in [5, 5.41) is 3.57. The van der Waals surface area contributed by atoms with Gasteiger partial charge in [0.2, 0.25) is 0 Å². The molecule has 3 nitrogen and oxygen atoms in total. The van der Waals surface area contributed by atoms with Gasteiger partial charge in [0.05, 0.1) is 13.2 Å². The number of rotatable bonds is 7. The first-order chi connectivity index (χ1) is 8.85. The fourth-order valence-electron chi connectivity index (χ4n) is 3.64. The van der Waals surface area contributed by atoms with Crippen molar-refractivity contribution in [2.24, 2.45) is 11.3 Å². The van der Waals surface area contributed by atoms with Crippen molar-refractivity contribution < 1.29 is 9.47 Å². The van der Waals surface area contributed by atoms with Gasteiger partial charge in [0.25, 0.3) is 0 Å². The zero-order chi connectivity index (χ0) is 12.7. The van der Waals surface area contributed by atoms with Gasteiger partial charge in [-0.3, -0.25) is 0 Å². The Hall–Kier alpha value is -0.120. The van der Waals surface area contributed by atoms with Crippen molar-refractivity contribution >= 4 is 0 Å². The van der Waals surface area contributed by atoms with Crippen molar-refractivity contribution in [3.8, 4) is 0 Å². The largest absolute Gasteiger partial charge is 0.383 e. The summed E-state index contributed by atoms with van der Waals surface area (Å²) in [6.07, 6.45) is 9.71. The molecule has 1 N–H and O–H groups in total. The van der Waals surface area contributed by atoms with E-state index in [9.17, 15) is 0 Å². The lowest BCUT2D eigenvalue weighted by Crippen LogP contribution is -2.43. The second-order valence-corrected chi connectivity index (χ2v) is 6.18. The van der Waals surface area contributed by atoms with Crippen molar-refractivity contribution in [1.82, 2.24) is 5.32 Å². The summed E-state index contributed by atoms with van der Waals surface area (Å²) in [4.78, 5) is 0. The Kier molecular flexibility index (Phi) is 5.93. The molecule has 2 aliphatic rings. The summed E-state index contributed by atoms with van der Waals surface area (Å²) < 4.78 is 10.9. The molecule has 0 radical (unpaired) electrons. The quantitative estimate of drug-likeness (QED) is 0.709.